The largest absolute Gasteiger partial charge is 0.336 e. The van der Waals surface area contributed by atoms with Crippen LogP contribution in [0, 0.1) is 11.6 Å². The van der Waals surface area contributed by atoms with Gasteiger partial charge in [-0.15, -0.1) is 0 Å². The normalized spacial score (nSPS) is 10.8. The van der Waals surface area contributed by atoms with E-state index in [2.05, 4.69) is 15.9 Å². The number of amides is 1. The third-order valence-corrected chi connectivity index (χ3v) is 2.44. The first-order chi connectivity index (χ1) is 7.82. The maximum Gasteiger partial charge on any atom is 0.259 e. The highest BCUT2D eigenvalue weighted by Gasteiger charge is 2.23. The molecule has 0 fully saturated rings. The summed E-state index contributed by atoms with van der Waals surface area (Å²) in [4.78, 5) is 12.1. The molecule has 0 aliphatic heterocycles. The fraction of sp³-hybridized carbons (Fsp3) is 0.300. The van der Waals surface area contributed by atoms with Crippen LogP contribution >= 0.6 is 15.9 Å². The molecule has 0 spiro atoms. The van der Waals surface area contributed by atoms with Gasteiger partial charge in [0.05, 0.1) is 6.54 Å². The summed E-state index contributed by atoms with van der Waals surface area (Å²) in [6, 6.07) is 1.79. The summed E-state index contributed by atoms with van der Waals surface area (Å²) < 4.78 is 50.9. The van der Waals surface area contributed by atoms with Gasteiger partial charge in [-0.2, -0.15) is 0 Å². The van der Waals surface area contributed by atoms with E-state index in [1.54, 1.807) is 0 Å². The summed E-state index contributed by atoms with van der Waals surface area (Å²) in [5.74, 6) is -3.31. The number of alkyl halides is 2. The van der Waals surface area contributed by atoms with E-state index in [1.807, 2.05) is 0 Å². The zero-order chi connectivity index (χ0) is 13.2. The van der Waals surface area contributed by atoms with Crippen molar-refractivity contribution >= 4 is 21.8 Å². The number of hydrogen-bond acceptors (Lipinski definition) is 1. The Hall–Kier alpha value is -1.11. The smallest absolute Gasteiger partial charge is 0.259 e. The van der Waals surface area contributed by atoms with Gasteiger partial charge in [-0.05, 0) is 12.1 Å². The van der Waals surface area contributed by atoms with Crippen LogP contribution in [0.15, 0.2) is 16.6 Å². The quantitative estimate of drug-likeness (QED) is 0.785. The van der Waals surface area contributed by atoms with Crippen LogP contribution in [0.3, 0.4) is 0 Å². The molecule has 0 saturated heterocycles. The van der Waals surface area contributed by atoms with Crippen LogP contribution in [0.1, 0.15) is 10.4 Å². The second kappa shape index (κ2) is 5.48. The predicted octanol–water partition coefficient (Wildman–Crippen LogP) is 3.06. The number of hydrogen-bond donors (Lipinski definition) is 0. The second-order valence-corrected chi connectivity index (χ2v) is 4.24. The number of carbonyl (C=O) groups excluding carboxylic acids is 1. The lowest BCUT2D eigenvalue weighted by Crippen LogP contribution is -2.32. The molecular weight excluding hydrogens is 306 g/mol. The van der Waals surface area contributed by atoms with Crippen LogP contribution in [0.25, 0.3) is 0 Å². The van der Waals surface area contributed by atoms with Crippen LogP contribution in [-0.2, 0) is 0 Å². The minimum absolute atomic E-state index is 0.126. The molecule has 0 N–H and O–H groups in total. The van der Waals surface area contributed by atoms with Crippen molar-refractivity contribution in [1.82, 2.24) is 4.90 Å². The number of halogens is 5. The lowest BCUT2D eigenvalue weighted by Gasteiger charge is -2.17. The van der Waals surface area contributed by atoms with Gasteiger partial charge in [-0.25, -0.2) is 17.6 Å². The molecule has 0 unspecified atom stereocenters. The second-order valence-electron chi connectivity index (χ2n) is 3.32. The van der Waals surface area contributed by atoms with Crippen molar-refractivity contribution in [3.63, 3.8) is 0 Å². The molecule has 1 rings (SSSR count). The van der Waals surface area contributed by atoms with E-state index in [0.717, 1.165) is 19.2 Å². The van der Waals surface area contributed by atoms with Crippen LogP contribution < -0.4 is 0 Å². The van der Waals surface area contributed by atoms with Gasteiger partial charge in [-0.1, -0.05) is 15.9 Å². The van der Waals surface area contributed by atoms with Crippen molar-refractivity contribution < 1.29 is 22.4 Å². The molecule has 94 valence electrons. The first-order valence-corrected chi connectivity index (χ1v) is 5.30. The summed E-state index contributed by atoms with van der Waals surface area (Å²) in [6.45, 7) is -0.881. The van der Waals surface area contributed by atoms with E-state index in [0.29, 0.717) is 4.90 Å². The van der Waals surface area contributed by atoms with Gasteiger partial charge in [0, 0.05) is 11.5 Å². The zero-order valence-electron chi connectivity index (χ0n) is 8.68. The highest BCUT2D eigenvalue weighted by molar-refractivity contribution is 9.10. The lowest BCUT2D eigenvalue weighted by molar-refractivity contribution is 0.0611. The molecule has 0 heterocycles. The minimum Gasteiger partial charge on any atom is -0.336 e. The van der Waals surface area contributed by atoms with Crippen molar-refractivity contribution in [2.75, 3.05) is 13.6 Å². The fourth-order valence-electron chi connectivity index (χ4n) is 1.23. The molecular formula is C10H8BrF4NO. The summed E-state index contributed by atoms with van der Waals surface area (Å²) in [5, 5.41) is 0. The zero-order valence-corrected chi connectivity index (χ0v) is 10.3. The van der Waals surface area contributed by atoms with Crippen LogP contribution in [0.2, 0.25) is 0 Å². The number of nitrogens with zero attached hydrogens (tertiary/aromatic N) is 1. The molecule has 0 aliphatic rings. The molecule has 1 aromatic rings. The Morgan fingerprint density at radius 3 is 2.24 bits per heavy atom. The molecule has 0 aliphatic carbocycles. The maximum atomic E-state index is 13.4. The molecule has 1 aromatic carbocycles. The van der Waals surface area contributed by atoms with Crippen LogP contribution in [0.5, 0.6) is 0 Å². The van der Waals surface area contributed by atoms with Gasteiger partial charge in [-0.3, -0.25) is 4.79 Å². The van der Waals surface area contributed by atoms with Crippen LogP contribution in [0.4, 0.5) is 17.6 Å². The lowest BCUT2D eigenvalue weighted by atomic mass is 10.1. The van der Waals surface area contributed by atoms with Crippen LogP contribution in [-0.4, -0.2) is 30.8 Å². The predicted molar refractivity (Wildman–Crippen MR) is 57.0 cm³/mol. The topological polar surface area (TPSA) is 20.3 Å². The molecule has 1 amide bonds. The molecule has 17 heavy (non-hydrogen) atoms. The number of carbonyl (C=O) groups is 1. The van der Waals surface area contributed by atoms with Gasteiger partial charge >= 0.3 is 0 Å². The monoisotopic (exact) mass is 313 g/mol. The van der Waals surface area contributed by atoms with E-state index in [1.165, 1.54) is 0 Å². The van der Waals surface area contributed by atoms with Gasteiger partial charge in [0.25, 0.3) is 12.3 Å². The van der Waals surface area contributed by atoms with Gasteiger partial charge in [0.2, 0.25) is 0 Å². The van der Waals surface area contributed by atoms with E-state index in [-0.39, 0.29) is 4.47 Å². The third kappa shape index (κ3) is 3.42. The highest BCUT2D eigenvalue weighted by atomic mass is 79.9. The Labute approximate surface area is 103 Å². The molecule has 2 nitrogen and oxygen atoms in total. The molecule has 0 aromatic heterocycles. The summed E-state index contributed by atoms with van der Waals surface area (Å²) in [5.41, 5.74) is -0.837. The average molecular weight is 314 g/mol. The molecule has 7 heteroatoms. The molecule has 0 bridgehead atoms. The summed E-state index contributed by atoms with van der Waals surface area (Å²) in [7, 11) is 1.05. The summed E-state index contributed by atoms with van der Waals surface area (Å²) in [6.07, 6.45) is -2.76. The van der Waals surface area contributed by atoms with Crippen molar-refractivity contribution in [3.05, 3.63) is 33.8 Å². The van der Waals surface area contributed by atoms with Crippen molar-refractivity contribution in [2.45, 2.75) is 6.43 Å². The van der Waals surface area contributed by atoms with Gasteiger partial charge in [0.15, 0.2) is 0 Å². The van der Waals surface area contributed by atoms with E-state index in [4.69, 9.17) is 0 Å². The maximum absolute atomic E-state index is 13.4. The molecule has 0 atom stereocenters. The van der Waals surface area contributed by atoms with E-state index in [9.17, 15) is 22.4 Å². The van der Waals surface area contributed by atoms with Gasteiger partial charge < -0.3 is 4.90 Å². The Morgan fingerprint density at radius 1 is 1.35 bits per heavy atom. The average Bonchev–Trinajstić information content (AvgIpc) is 2.14. The Balaban J connectivity index is 3.04. The number of benzene rings is 1. The SMILES string of the molecule is CN(CC(F)F)C(=O)c1c(F)cc(Br)cc1F. The van der Waals surface area contributed by atoms with Gasteiger partial charge in [0.1, 0.15) is 17.2 Å². The third-order valence-electron chi connectivity index (χ3n) is 1.98. The first kappa shape index (κ1) is 14.0. The fourth-order valence-corrected chi connectivity index (χ4v) is 1.63. The number of rotatable bonds is 3. The summed E-state index contributed by atoms with van der Waals surface area (Å²) >= 11 is 2.85. The minimum atomic E-state index is -2.76. The van der Waals surface area contributed by atoms with Crippen molar-refractivity contribution in [3.8, 4) is 0 Å². The molecule has 0 radical (unpaired) electrons. The molecule has 0 saturated carbocycles. The Bertz CT molecular complexity index is 415. The van der Waals surface area contributed by atoms with Crippen molar-refractivity contribution in [1.29, 1.82) is 0 Å². The van der Waals surface area contributed by atoms with E-state index >= 15 is 0 Å². The van der Waals surface area contributed by atoms with E-state index < -0.39 is 36.1 Å². The highest BCUT2D eigenvalue weighted by Crippen LogP contribution is 2.20. The first-order valence-electron chi connectivity index (χ1n) is 4.51. The van der Waals surface area contributed by atoms with Crippen molar-refractivity contribution in [2.24, 2.45) is 0 Å². The Morgan fingerprint density at radius 2 is 1.82 bits per heavy atom. The Kier molecular flexibility index (Phi) is 4.50. The standard InChI is InChI=1S/C10H8BrF4NO/c1-16(4-8(14)15)10(17)9-6(12)2-5(11)3-7(9)13/h2-3,8H,4H2,1H3.